The highest BCUT2D eigenvalue weighted by atomic mass is 19.1. The van der Waals surface area contributed by atoms with E-state index in [1.54, 1.807) is 12.3 Å². The lowest BCUT2D eigenvalue weighted by Crippen LogP contribution is -2.48. The fourth-order valence-electron chi connectivity index (χ4n) is 6.52. The number of fused-ring (bicyclic) bond motifs is 2. The third kappa shape index (κ3) is 4.81. The number of methoxy groups -OCH3 is 1. The smallest absolute Gasteiger partial charge is 0.407 e. The normalized spacial score (nSPS) is 32.0. The summed E-state index contributed by atoms with van der Waals surface area (Å²) in [5.74, 6) is 0.628. The van der Waals surface area contributed by atoms with Crippen LogP contribution in [0.5, 0.6) is 0 Å². The summed E-state index contributed by atoms with van der Waals surface area (Å²) in [6.07, 6.45) is 9.01. The van der Waals surface area contributed by atoms with Gasteiger partial charge in [0, 0.05) is 23.7 Å². The minimum atomic E-state index is -0.403. The predicted octanol–water partition coefficient (Wildman–Crippen LogP) is 5.24. The zero-order valence-corrected chi connectivity index (χ0v) is 20.0. The first-order valence-electron chi connectivity index (χ1n) is 12.4. The monoisotopic (exact) mass is 478 g/mol. The first-order chi connectivity index (χ1) is 16.9. The Morgan fingerprint density at radius 3 is 2.80 bits per heavy atom. The lowest BCUT2D eigenvalue weighted by molar-refractivity contribution is -0.144. The van der Waals surface area contributed by atoms with Crippen molar-refractivity contribution >= 4 is 18.1 Å². The van der Waals surface area contributed by atoms with Gasteiger partial charge in [-0.15, -0.1) is 0 Å². The maximum absolute atomic E-state index is 13.6. The number of carbonyl (C=O) groups excluding carboxylic acids is 2. The lowest BCUT2D eigenvalue weighted by Gasteiger charge is -2.47. The lowest BCUT2D eigenvalue weighted by atomic mass is 9.57. The SMILES string of the molecule is COC(=O)N[C@@H]1CC[C@@H]2[C@@H](C1)C[C@H]1C(=O)O[C@H](C)[C@H]1[C@H]2/C=C/c1ccc(-c2cccc(F)c2)cn1. The number of hydrogen-bond donors (Lipinski definition) is 1. The Bertz CT molecular complexity index is 1120. The third-order valence-electron chi connectivity index (χ3n) is 8.09. The number of amides is 1. The van der Waals surface area contributed by atoms with E-state index in [0.29, 0.717) is 11.8 Å². The first-order valence-corrected chi connectivity index (χ1v) is 12.4. The van der Waals surface area contributed by atoms with Crippen LogP contribution in [0.4, 0.5) is 9.18 Å². The number of aromatic nitrogens is 1. The maximum atomic E-state index is 13.6. The van der Waals surface area contributed by atoms with E-state index in [1.165, 1.54) is 19.2 Å². The minimum Gasteiger partial charge on any atom is -0.462 e. The number of allylic oxidation sites excluding steroid dienone is 1. The summed E-state index contributed by atoms with van der Waals surface area (Å²) < 4.78 is 24.0. The van der Waals surface area contributed by atoms with Gasteiger partial charge in [-0.05, 0) is 80.2 Å². The van der Waals surface area contributed by atoms with Crippen molar-refractivity contribution in [3.63, 3.8) is 0 Å². The summed E-state index contributed by atoms with van der Waals surface area (Å²) in [6.45, 7) is 2.00. The van der Waals surface area contributed by atoms with E-state index >= 15 is 0 Å². The maximum Gasteiger partial charge on any atom is 0.407 e. The molecule has 2 aliphatic carbocycles. The van der Waals surface area contributed by atoms with Crippen LogP contribution in [0.3, 0.4) is 0 Å². The van der Waals surface area contributed by atoms with Crippen LogP contribution in [0.1, 0.15) is 38.3 Å². The molecule has 35 heavy (non-hydrogen) atoms. The Morgan fingerprint density at radius 1 is 1.20 bits per heavy atom. The number of nitrogens with zero attached hydrogens (tertiary/aromatic N) is 1. The van der Waals surface area contributed by atoms with Gasteiger partial charge in [0.2, 0.25) is 0 Å². The van der Waals surface area contributed by atoms with E-state index in [-0.39, 0.29) is 41.7 Å². The van der Waals surface area contributed by atoms with E-state index in [9.17, 15) is 14.0 Å². The van der Waals surface area contributed by atoms with Crippen molar-refractivity contribution in [2.75, 3.05) is 7.11 Å². The number of halogens is 1. The number of cyclic esters (lactones) is 1. The van der Waals surface area contributed by atoms with Gasteiger partial charge >= 0.3 is 12.1 Å². The molecule has 1 aliphatic heterocycles. The van der Waals surface area contributed by atoms with Crippen molar-refractivity contribution in [3.05, 3.63) is 60.2 Å². The molecule has 5 rings (SSSR count). The topological polar surface area (TPSA) is 77.5 Å². The van der Waals surface area contributed by atoms with Gasteiger partial charge in [-0.3, -0.25) is 9.78 Å². The van der Waals surface area contributed by atoms with Crippen molar-refractivity contribution < 1.29 is 23.5 Å². The van der Waals surface area contributed by atoms with Crippen LogP contribution < -0.4 is 5.32 Å². The number of rotatable bonds is 4. The number of hydrogen-bond acceptors (Lipinski definition) is 5. The van der Waals surface area contributed by atoms with E-state index in [4.69, 9.17) is 9.47 Å². The molecule has 0 bridgehead atoms. The van der Waals surface area contributed by atoms with Crippen molar-refractivity contribution in [1.29, 1.82) is 0 Å². The van der Waals surface area contributed by atoms with Gasteiger partial charge in [0.05, 0.1) is 18.7 Å². The molecule has 3 aliphatic rings. The second-order valence-corrected chi connectivity index (χ2v) is 10.0. The highest BCUT2D eigenvalue weighted by molar-refractivity contribution is 5.75. The first kappa shape index (κ1) is 23.5. The van der Waals surface area contributed by atoms with Crippen LogP contribution in [0.15, 0.2) is 48.7 Å². The van der Waals surface area contributed by atoms with Crippen molar-refractivity contribution in [2.24, 2.45) is 29.6 Å². The number of ether oxygens (including phenoxy) is 2. The molecule has 7 heteroatoms. The van der Waals surface area contributed by atoms with E-state index in [2.05, 4.69) is 16.4 Å². The van der Waals surface area contributed by atoms with Crippen LogP contribution in [-0.2, 0) is 14.3 Å². The molecule has 0 radical (unpaired) electrons. The molecule has 0 spiro atoms. The number of carbonyl (C=O) groups is 2. The van der Waals surface area contributed by atoms with Crippen LogP contribution >= 0.6 is 0 Å². The summed E-state index contributed by atoms with van der Waals surface area (Å²) in [5.41, 5.74) is 2.47. The zero-order valence-electron chi connectivity index (χ0n) is 20.0. The van der Waals surface area contributed by atoms with Crippen molar-refractivity contribution in [2.45, 2.75) is 44.8 Å². The fraction of sp³-hybridized carbons (Fsp3) is 0.464. The Labute approximate surface area is 204 Å². The van der Waals surface area contributed by atoms with Gasteiger partial charge < -0.3 is 14.8 Å². The van der Waals surface area contributed by atoms with E-state index < -0.39 is 6.09 Å². The van der Waals surface area contributed by atoms with Crippen LogP contribution in [0, 0.1) is 35.4 Å². The van der Waals surface area contributed by atoms with Crippen molar-refractivity contribution in [3.8, 4) is 11.1 Å². The average Bonchev–Trinajstić information content (AvgIpc) is 3.14. The van der Waals surface area contributed by atoms with Gasteiger partial charge in [-0.25, -0.2) is 9.18 Å². The molecule has 6 nitrogen and oxygen atoms in total. The van der Waals surface area contributed by atoms with Crippen LogP contribution in [0.25, 0.3) is 17.2 Å². The molecule has 1 aromatic heterocycles. The largest absolute Gasteiger partial charge is 0.462 e. The predicted molar refractivity (Wildman–Crippen MR) is 129 cm³/mol. The van der Waals surface area contributed by atoms with Crippen molar-refractivity contribution in [1.82, 2.24) is 10.3 Å². The second kappa shape index (κ2) is 9.80. The standard InChI is InChI=1S/C28H31FN2O4/c1-16-26-24(11-8-21-7-6-18(15-30-21)17-4-3-5-20(29)12-17)23-10-9-22(31-28(33)34-2)13-19(23)14-25(26)27(32)35-16/h3-8,11-12,15-16,19,22-26H,9-10,13-14H2,1-2H3,(H,31,33)/b11-8+/t16-,19+,22-,23-,24+,25-,26+/m1/s1. The Balaban J connectivity index is 1.36. The molecule has 7 atom stereocenters. The average molecular weight is 479 g/mol. The third-order valence-corrected chi connectivity index (χ3v) is 8.09. The molecule has 1 N–H and O–H groups in total. The van der Waals surface area contributed by atoms with Gasteiger partial charge in [0.1, 0.15) is 11.9 Å². The summed E-state index contributed by atoms with van der Waals surface area (Å²) in [6, 6.07) is 10.4. The summed E-state index contributed by atoms with van der Waals surface area (Å²) in [4.78, 5) is 28.9. The molecule has 2 aromatic rings. The highest BCUT2D eigenvalue weighted by Crippen LogP contribution is 2.53. The molecule has 2 saturated carbocycles. The molecule has 2 heterocycles. The van der Waals surface area contributed by atoms with Gasteiger partial charge in [0.15, 0.2) is 0 Å². The molecule has 3 fully saturated rings. The zero-order chi connectivity index (χ0) is 24.5. The van der Waals surface area contributed by atoms with E-state index in [1.807, 2.05) is 31.2 Å². The van der Waals surface area contributed by atoms with Gasteiger partial charge in [-0.1, -0.05) is 24.3 Å². The number of benzene rings is 1. The molecular weight excluding hydrogens is 447 g/mol. The molecular formula is C28H31FN2O4. The Kier molecular flexibility index (Phi) is 6.58. The molecule has 1 saturated heterocycles. The molecule has 1 amide bonds. The van der Waals surface area contributed by atoms with Gasteiger partial charge in [-0.2, -0.15) is 0 Å². The van der Waals surface area contributed by atoms with Crippen LogP contribution in [-0.4, -0.2) is 36.3 Å². The number of esters is 1. The fourth-order valence-corrected chi connectivity index (χ4v) is 6.52. The Morgan fingerprint density at radius 2 is 2.06 bits per heavy atom. The quantitative estimate of drug-likeness (QED) is 0.608. The summed E-state index contributed by atoms with van der Waals surface area (Å²) in [7, 11) is 1.38. The number of alkyl carbamates (subject to hydrolysis) is 1. The molecule has 184 valence electrons. The summed E-state index contributed by atoms with van der Waals surface area (Å²) in [5, 5.41) is 2.95. The molecule has 0 unspecified atom stereocenters. The Hall–Kier alpha value is -3.22. The van der Waals surface area contributed by atoms with Crippen LogP contribution in [0.2, 0.25) is 0 Å². The van der Waals surface area contributed by atoms with Gasteiger partial charge in [0.25, 0.3) is 0 Å². The second-order valence-electron chi connectivity index (χ2n) is 10.0. The highest BCUT2D eigenvalue weighted by Gasteiger charge is 2.54. The minimum absolute atomic E-state index is 0.0664. The van der Waals surface area contributed by atoms with E-state index in [0.717, 1.165) is 42.5 Å². The number of pyridine rings is 1. The number of nitrogens with one attached hydrogen (secondary N) is 1. The summed E-state index contributed by atoms with van der Waals surface area (Å²) >= 11 is 0. The molecule has 1 aromatic carbocycles.